The topological polar surface area (TPSA) is 66.5 Å². The minimum atomic E-state index is -3.53. The van der Waals surface area contributed by atoms with Gasteiger partial charge in [-0.25, -0.2) is 13.1 Å². The van der Waals surface area contributed by atoms with Crippen LogP contribution < -0.4 is 4.72 Å². The standard InChI is InChI=1S/C15H22N2O3S/c1-11-7-12(2)10-17(9-11)15(18)13-5-4-6-14(8-13)21(19,20)16-3/h4-6,8,11-12,16H,7,9-10H2,1-3H3. The number of piperidine rings is 1. The van der Waals surface area contributed by atoms with Crippen LogP contribution in [0.25, 0.3) is 0 Å². The van der Waals surface area contributed by atoms with Gasteiger partial charge < -0.3 is 4.90 Å². The first-order chi connectivity index (χ1) is 9.83. The van der Waals surface area contributed by atoms with E-state index in [1.165, 1.54) is 19.2 Å². The molecule has 1 amide bonds. The summed E-state index contributed by atoms with van der Waals surface area (Å²) in [6.45, 7) is 5.73. The first-order valence-corrected chi connectivity index (χ1v) is 8.64. The van der Waals surface area contributed by atoms with Gasteiger partial charge in [-0.3, -0.25) is 4.79 Å². The number of nitrogens with zero attached hydrogens (tertiary/aromatic N) is 1. The highest BCUT2D eigenvalue weighted by molar-refractivity contribution is 7.89. The lowest BCUT2D eigenvalue weighted by Gasteiger charge is -2.35. The van der Waals surface area contributed by atoms with Crippen LogP contribution >= 0.6 is 0 Å². The molecule has 2 rings (SSSR count). The molecule has 0 aliphatic carbocycles. The first-order valence-electron chi connectivity index (χ1n) is 7.16. The SMILES string of the molecule is CNS(=O)(=O)c1cccc(C(=O)N2CC(C)CC(C)C2)c1. The average molecular weight is 310 g/mol. The van der Waals surface area contributed by atoms with Gasteiger partial charge in [-0.2, -0.15) is 0 Å². The third-order valence-corrected chi connectivity index (χ3v) is 5.23. The van der Waals surface area contributed by atoms with Crippen molar-refractivity contribution in [1.29, 1.82) is 0 Å². The Balaban J connectivity index is 2.26. The van der Waals surface area contributed by atoms with Crippen LogP contribution in [0.4, 0.5) is 0 Å². The number of hydrogen-bond acceptors (Lipinski definition) is 3. The Bertz CT molecular complexity index is 618. The maximum atomic E-state index is 12.6. The van der Waals surface area contributed by atoms with Crippen molar-refractivity contribution in [2.75, 3.05) is 20.1 Å². The molecule has 2 atom stereocenters. The molecule has 1 heterocycles. The lowest BCUT2D eigenvalue weighted by atomic mass is 9.91. The molecule has 0 saturated carbocycles. The van der Waals surface area contributed by atoms with Crippen LogP contribution in [-0.2, 0) is 10.0 Å². The van der Waals surface area contributed by atoms with E-state index in [1.807, 2.05) is 4.90 Å². The number of benzene rings is 1. The van der Waals surface area contributed by atoms with Crippen molar-refractivity contribution in [2.45, 2.75) is 25.2 Å². The highest BCUT2D eigenvalue weighted by Gasteiger charge is 2.26. The van der Waals surface area contributed by atoms with Crippen molar-refractivity contribution < 1.29 is 13.2 Å². The summed E-state index contributed by atoms with van der Waals surface area (Å²) in [5.41, 5.74) is 0.424. The van der Waals surface area contributed by atoms with E-state index in [4.69, 9.17) is 0 Å². The summed E-state index contributed by atoms with van der Waals surface area (Å²) >= 11 is 0. The zero-order valence-corrected chi connectivity index (χ0v) is 13.5. The zero-order chi connectivity index (χ0) is 15.6. The monoisotopic (exact) mass is 310 g/mol. The van der Waals surface area contributed by atoms with E-state index >= 15 is 0 Å². The Morgan fingerprint density at radius 1 is 1.24 bits per heavy atom. The van der Waals surface area contributed by atoms with Gasteiger partial charge in [-0.05, 0) is 43.5 Å². The molecule has 1 aromatic carbocycles. The number of carbonyl (C=O) groups is 1. The number of likely N-dealkylation sites (tertiary alicyclic amines) is 1. The lowest BCUT2D eigenvalue weighted by molar-refractivity contribution is 0.0623. The van der Waals surface area contributed by atoms with Crippen LogP contribution in [0.2, 0.25) is 0 Å². The number of rotatable bonds is 3. The molecule has 5 nitrogen and oxygen atoms in total. The molecule has 1 saturated heterocycles. The largest absolute Gasteiger partial charge is 0.338 e. The van der Waals surface area contributed by atoms with E-state index in [1.54, 1.807) is 12.1 Å². The van der Waals surface area contributed by atoms with Gasteiger partial charge in [0.15, 0.2) is 0 Å². The molecular weight excluding hydrogens is 288 g/mol. The third-order valence-electron chi connectivity index (χ3n) is 3.82. The summed E-state index contributed by atoms with van der Waals surface area (Å²) < 4.78 is 25.9. The summed E-state index contributed by atoms with van der Waals surface area (Å²) in [6.07, 6.45) is 1.12. The number of nitrogens with one attached hydrogen (secondary N) is 1. The first kappa shape index (κ1) is 16.0. The van der Waals surface area contributed by atoms with Crippen LogP contribution in [0.15, 0.2) is 29.2 Å². The molecule has 116 valence electrons. The van der Waals surface area contributed by atoms with Crippen molar-refractivity contribution in [3.8, 4) is 0 Å². The third kappa shape index (κ3) is 3.63. The van der Waals surface area contributed by atoms with E-state index in [2.05, 4.69) is 18.6 Å². The van der Waals surface area contributed by atoms with Gasteiger partial charge in [-0.15, -0.1) is 0 Å². The molecule has 1 N–H and O–H groups in total. The van der Waals surface area contributed by atoms with E-state index in [9.17, 15) is 13.2 Å². The maximum absolute atomic E-state index is 12.6. The number of amides is 1. The normalized spacial score (nSPS) is 23.1. The molecule has 6 heteroatoms. The summed E-state index contributed by atoms with van der Waals surface area (Å²) in [5, 5.41) is 0. The molecule has 1 fully saturated rings. The van der Waals surface area contributed by atoms with Gasteiger partial charge in [0.25, 0.3) is 5.91 Å². The molecule has 0 spiro atoms. The van der Waals surface area contributed by atoms with E-state index < -0.39 is 10.0 Å². The molecule has 1 aliphatic heterocycles. The Morgan fingerprint density at radius 3 is 2.43 bits per heavy atom. The van der Waals surface area contributed by atoms with Crippen molar-refractivity contribution in [1.82, 2.24) is 9.62 Å². The lowest BCUT2D eigenvalue weighted by Crippen LogP contribution is -2.42. The summed E-state index contributed by atoms with van der Waals surface area (Å²) in [5.74, 6) is 0.852. The van der Waals surface area contributed by atoms with Gasteiger partial charge in [0.1, 0.15) is 0 Å². The molecule has 2 unspecified atom stereocenters. The van der Waals surface area contributed by atoms with Crippen LogP contribution in [0.1, 0.15) is 30.6 Å². The van der Waals surface area contributed by atoms with Gasteiger partial charge in [0.2, 0.25) is 10.0 Å². The number of sulfonamides is 1. The fourth-order valence-electron chi connectivity index (χ4n) is 2.93. The second-order valence-corrected chi connectivity index (χ2v) is 7.78. The van der Waals surface area contributed by atoms with Crippen LogP contribution in [0.5, 0.6) is 0 Å². The number of carbonyl (C=O) groups excluding carboxylic acids is 1. The summed E-state index contributed by atoms with van der Waals surface area (Å²) in [7, 11) is -2.17. The Hall–Kier alpha value is -1.40. The second-order valence-electron chi connectivity index (χ2n) is 5.89. The highest BCUT2D eigenvalue weighted by Crippen LogP contribution is 2.23. The molecule has 0 aromatic heterocycles. The minimum absolute atomic E-state index is 0.0958. The van der Waals surface area contributed by atoms with Crippen molar-refractivity contribution in [3.63, 3.8) is 0 Å². The molecular formula is C15H22N2O3S. The van der Waals surface area contributed by atoms with Crippen molar-refractivity contribution >= 4 is 15.9 Å². The number of hydrogen-bond donors (Lipinski definition) is 1. The second kappa shape index (κ2) is 6.15. The maximum Gasteiger partial charge on any atom is 0.253 e. The highest BCUT2D eigenvalue weighted by atomic mass is 32.2. The predicted molar refractivity (Wildman–Crippen MR) is 81.5 cm³/mol. The van der Waals surface area contributed by atoms with Crippen molar-refractivity contribution in [3.05, 3.63) is 29.8 Å². The quantitative estimate of drug-likeness (QED) is 0.924. The summed E-state index contributed by atoms with van der Waals surface area (Å²) in [6, 6.07) is 6.21. The minimum Gasteiger partial charge on any atom is -0.338 e. The summed E-state index contributed by atoms with van der Waals surface area (Å²) in [4.78, 5) is 14.5. The fraction of sp³-hybridized carbons (Fsp3) is 0.533. The molecule has 1 aliphatic rings. The predicted octanol–water partition coefficient (Wildman–Crippen LogP) is 1.71. The van der Waals surface area contributed by atoms with Gasteiger partial charge in [0.05, 0.1) is 4.90 Å². The average Bonchev–Trinajstić information content (AvgIpc) is 2.45. The molecule has 21 heavy (non-hydrogen) atoms. The van der Waals surface area contributed by atoms with Gasteiger partial charge in [0, 0.05) is 18.7 Å². The van der Waals surface area contributed by atoms with E-state index in [0.29, 0.717) is 17.4 Å². The fourth-order valence-corrected chi connectivity index (χ4v) is 3.70. The zero-order valence-electron chi connectivity index (χ0n) is 12.7. The Kier molecular flexibility index (Phi) is 4.68. The van der Waals surface area contributed by atoms with E-state index in [-0.39, 0.29) is 10.8 Å². The molecule has 0 radical (unpaired) electrons. The van der Waals surface area contributed by atoms with Crippen molar-refractivity contribution in [2.24, 2.45) is 11.8 Å². The molecule has 0 bridgehead atoms. The van der Waals surface area contributed by atoms with Gasteiger partial charge in [-0.1, -0.05) is 19.9 Å². The van der Waals surface area contributed by atoms with Gasteiger partial charge >= 0.3 is 0 Å². The van der Waals surface area contributed by atoms with E-state index in [0.717, 1.165) is 19.5 Å². The Morgan fingerprint density at radius 2 is 1.86 bits per heavy atom. The van der Waals surface area contributed by atoms with Crippen LogP contribution in [-0.4, -0.2) is 39.4 Å². The molecule has 1 aromatic rings. The van der Waals surface area contributed by atoms with Crippen LogP contribution in [0, 0.1) is 11.8 Å². The smallest absolute Gasteiger partial charge is 0.253 e. The van der Waals surface area contributed by atoms with Crippen LogP contribution in [0.3, 0.4) is 0 Å². The Labute approximate surface area is 126 Å².